The number of piperazine rings is 1. The van der Waals surface area contributed by atoms with Gasteiger partial charge in [-0.15, -0.1) is 0 Å². The van der Waals surface area contributed by atoms with E-state index in [1.54, 1.807) is 0 Å². The van der Waals surface area contributed by atoms with Crippen LogP contribution in [0.1, 0.15) is 40.0 Å². The fourth-order valence-electron chi connectivity index (χ4n) is 4.23. The molecule has 0 aromatic heterocycles. The smallest absolute Gasteiger partial charge is 0.0829 e. The molecule has 0 spiro atoms. The second-order valence-corrected chi connectivity index (χ2v) is 7.78. The van der Waals surface area contributed by atoms with Crippen LogP contribution in [-0.4, -0.2) is 73.4 Å². The predicted octanol–water partition coefficient (Wildman–Crippen LogP) is 1.56. The van der Waals surface area contributed by atoms with Crippen molar-refractivity contribution in [3.8, 4) is 0 Å². The van der Waals surface area contributed by atoms with Crippen LogP contribution < -0.4 is 5.32 Å². The molecule has 4 unspecified atom stereocenters. The monoisotopic (exact) mass is 295 g/mol. The van der Waals surface area contributed by atoms with Crippen molar-refractivity contribution in [2.24, 2.45) is 5.92 Å². The molecule has 0 amide bonds. The van der Waals surface area contributed by atoms with Crippen molar-refractivity contribution in [1.82, 2.24) is 15.1 Å². The maximum absolute atomic E-state index is 6.16. The van der Waals surface area contributed by atoms with Gasteiger partial charge in [0.25, 0.3) is 0 Å². The van der Waals surface area contributed by atoms with Gasteiger partial charge in [0.15, 0.2) is 0 Å². The number of morpholine rings is 1. The standard InChI is InChI=1S/C17H33N3O/c1-13(2)7-15-9-20(14(3)8-18-15)11-17-10-19-6-4-5-16(19)12-21-17/h13-18H,4-12H2,1-3H3. The van der Waals surface area contributed by atoms with Crippen LogP contribution in [0.15, 0.2) is 0 Å². The van der Waals surface area contributed by atoms with Gasteiger partial charge in [-0.1, -0.05) is 13.8 Å². The number of nitrogens with one attached hydrogen (secondary N) is 1. The summed E-state index contributed by atoms with van der Waals surface area (Å²) in [6.45, 7) is 13.8. The number of hydrogen-bond donors (Lipinski definition) is 1. The Kier molecular flexibility index (Phi) is 5.20. The molecular formula is C17H33N3O. The lowest BCUT2D eigenvalue weighted by Gasteiger charge is -2.43. The van der Waals surface area contributed by atoms with E-state index in [9.17, 15) is 0 Å². The summed E-state index contributed by atoms with van der Waals surface area (Å²) in [4.78, 5) is 5.32. The lowest BCUT2D eigenvalue weighted by molar-refractivity contribution is -0.0684. The number of nitrogens with zero attached hydrogens (tertiary/aromatic N) is 2. The quantitative estimate of drug-likeness (QED) is 0.852. The van der Waals surface area contributed by atoms with Crippen molar-refractivity contribution in [1.29, 1.82) is 0 Å². The predicted molar refractivity (Wildman–Crippen MR) is 86.6 cm³/mol. The van der Waals surface area contributed by atoms with Crippen molar-refractivity contribution in [3.63, 3.8) is 0 Å². The fraction of sp³-hybridized carbons (Fsp3) is 1.00. The Morgan fingerprint density at radius 2 is 2.14 bits per heavy atom. The Bertz CT molecular complexity index is 336. The second-order valence-electron chi connectivity index (χ2n) is 7.78. The maximum atomic E-state index is 6.16. The molecule has 3 fully saturated rings. The van der Waals surface area contributed by atoms with E-state index in [0.717, 1.165) is 38.2 Å². The van der Waals surface area contributed by atoms with Crippen LogP contribution in [-0.2, 0) is 4.74 Å². The van der Waals surface area contributed by atoms with E-state index < -0.39 is 0 Å². The van der Waals surface area contributed by atoms with Gasteiger partial charge in [-0.3, -0.25) is 9.80 Å². The van der Waals surface area contributed by atoms with E-state index in [4.69, 9.17) is 4.74 Å². The van der Waals surface area contributed by atoms with Gasteiger partial charge in [0.05, 0.1) is 12.7 Å². The zero-order valence-electron chi connectivity index (χ0n) is 14.1. The first kappa shape index (κ1) is 15.7. The third-order valence-electron chi connectivity index (χ3n) is 5.44. The van der Waals surface area contributed by atoms with Crippen molar-refractivity contribution in [3.05, 3.63) is 0 Å². The van der Waals surface area contributed by atoms with E-state index in [-0.39, 0.29) is 0 Å². The summed E-state index contributed by atoms with van der Waals surface area (Å²) in [5.41, 5.74) is 0. The first-order chi connectivity index (χ1) is 10.1. The summed E-state index contributed by atoms with van der Waals surface area (Å²) in [7, 11) is 0. The van der Waals surface area contributed by atoms with Crippen LogP contribution in [0.25, 0.3) is 0 Å². The average molecular weight is 295 g/mol. The third kappa shape index (κ3) is 3.98. The number of fused-ring (bicyclic) bond motifs is 1. The first-order valence-corrected chi connectivity index (χ1v) is 8.95. The molecule has 0 aromatic carbocycles. The van der Waals surface area contributed by atoms with Crippen LogP contribution >= 0.6 is 0 Å². The van der Waals surface area contributed by atoms with Gasteiger partial charge in [-0.05, 0) is 38.6 Å². The highest BCUT2D eigenvalue weighted by atomic mass is 16.5. The fourth-order valence-corrected chi connectivity index (χ4v) is 4.23. The first-order valence-electron chi connectivity index (χ1n) is 8.95. The van der Waals surface area contributed by atoms with Crippen molar-refractivity contribution in [2.45, 2.75) is 64.3 Å². The topological polar surface area (TPSA) is 27.7 Å². The molecule has 4 atom stereocenters. The van der Waals surface area contributed by atoms with Crippen molar-refractivity contribution >= 4 is 0 Å². The summed E-state index contributed by atoms with van der Waals surface area (Å²) < 4.78 is 6.16. The molecular weight excluding hydrogens is 262 g/mol. The summed E-state index contributed by atoms with van der Waals surface area (Å²) in [6.07, 6.45) is 4.40. The molecule has 0 aromatic rings. The van der Waals surface area contributed by atoms with Crippen LogP contribution in [0, 0.1) is 5.92 Å². The van der Waals surface area contributed by atoms with E-state index in [1.807, 2.05) is 0 Å². The van der Waals surface area contributed by atoms with Gasteiger partial charge in [0.2, 0.25) is 0 Å². The molecule has 0 bridgehead atoms. The van der Waals surface area contributed by atoms with Crippen molar-refractivity contribution < 1.29 is 4.74 Å². The lowest BCUT2D eigenvalue weighted by Crippen LogP contribution is -2.59. The molecule has 3 aliphatic rings. The van der Waals surface area contributed by atoms with Gasteiger partial charge in [0.1, 0.15) is 0 Å². The molecule has 3 aliphatic heterocycles. The SMILES string of the molecule is CC(C)CC1CN(CC2CN3CCCC3CO2)C(C)CN1. The normalized spacial score (nSPS) is 38.9. The Labute approximate surface area is 130 Å². The third-order valence-corrected chi connectivity index (χ3v) is 5.44. The van der Waals surface area contributed by atoms with E-state index >= 15 is 0 Å². The molecule has 4 nitrogen and oxygen atoms in total. The highest BCUT2D eigenvalue weighted by molar-refractivity contribution is 4.90. The van der Waals surface area contributed by atoms with Crippen LogP contribution in [0.5, 0.6) is 0 Å². The largest absolute Gasteiger partial charge is 0.374 e. The molecule has 0 aliphatic carbocycles. The van der Waals surface area contributed by atoms with Gasteiger partial charge in [-0.2, -0.15) is 0 Å². The molecule has 3 heterocycles. The summed E-state index contributed by atoms with van der Waals surface area (Å²) in [5.74, 6) is 0.772. The molecule has 3 saturated heterocycles. The van der Waals surface area contributed by atoms with Gasteiger partial charge in [0, 0.05) is 44.3 Å². The minimum atomic E-state index is 0.416. The molecule has 122 valence electrons. The highest BCUT2D eigenvalue weighted by Crippen LogP contribution is 2.23. The van der Waals surface area contributed by atoms with Gasteiger partial charge >= 0.3 is 0 Å². The van der Waals surface area contributed by atoms with Gasteiger partial charge < -0.3 is 10.1 Å². The zero-order chi connectivity index (χ0) is 14.8. The Hall–Kier alpha value is -0.160. The van der Waals surface area contributed by atoms with Crippen LogP contribution in [0.2, 0.25) is 0 Å². The molecule has 1 N–H and O–H groups in total. The minimum Gasteiger partial charge on any atom is -0.374 e. The van der Waals surface area contributed by atoms with E-state index in [2.05, 4.69) is 35.9 Å². The summed E-state index contributed by atoms with van der Waals surface area (Å²) in [5, 5.41) is 3.71. The number of hydrogen-bond acceptors (Lipinski definition) is 4. The van der Waals surface area contributed by atoms with Crippen LogP contribution in [0.4, 0.5) is 0 Å². The summed E-state index contributed by atoms with van der Waals surface area (Å²) >= 11 is 0. The maximum Gasteiger partial charge on any atom is 0.0829 e. The average Bonchev–Trinajstić information content (AvgIpc) is 2.89. The van der Waals surface area contributed by atoms with E-state index in [0.29, 0.717) is 18.2 Å². The molecule has 21 heavy (non-hydrogen) atoms. The molecule has 0 saturated carbocycles. The molecule has 0 radical (unpaired) electrons. The number of ether oxygens (including phenoxy) is 1. The second kappa shape index (κ2) is 6.95. The number of rotatable bonds is 4. The van der Waals surface area contributed by atoms with Crippen LogP contribution in [0.3, 0.4) is 0 Å². The minimum absolute atomic E-state index is 0.416. The summed E-state index contributed by atoms with van der Waals surface area (Å²) in [6, 6.07) is 2.01. The Morgan fingerprint density at radius 3 is 2.95 bits per heavy atom. The van der Waals surface area contributed by atoms with Crippen molar-refractivity contribution in [2.75, 3.05) is 39.3 Å². The molecule has 3 rings (SSSR count). The highest BCUT2D eigenvalue weighted by Gasteiger charge is 2.34. The Balaban J connectivity index is 1.50. The zero-order valence-corrected chi connectivity index (χ0v) is 14.1. The lowest BCUT2D eigenvalue weighted by atomic mass is 9.99. The van der Waals surface area contributed by atoms with Gasteiger partial charge in [-0.25, -0.2) is 0 Å². The Morgan fingerprint density at radius 1 is 1.29 bits per heavy atom. The molecule has 4 heteroatoms. The van der Waals surface area contributed by atoms with E-state index in [1.165, 1.54) is 32.4 Å².